The van der Waals surface area contributed by atoms with E-state index in [1.807, 2.05) is 36.8 Å². The van der Waals surface area contributed by atoms with Gasteiger partial charge in [-0.2, -0.15) is 15.0 Å². The molecule has 19 heavy (non-hydrogen) atoms. The van der Waals surface area contributed by atoms with Gasteiger partial charge in [-0.15, -0.1) is 0 Å². The Labute approximate surface area is 111 Å². The maximum atomic E-state index is 4.33. The Morgan fingerprint density at radius 1 is 1.21 bits per heavy atom. The zero-order chi connectivity index (χ0) is 13.8. The molecule has 0 bridgehead atoms. The molecule has 0 fully saturated rings. The molecule has 0 aliphatic carbocycles. The van der Waals surface area contributed by atoms with Crippen LogP contribution in [0.15, 0.2) is 12.4 Å². The summed E-state index contributed by atoms with van der Waals surface area (Å²) in [5.41, 5.74) is 0. The molecule has 2 rings (SSSR count). The molecule has 0 radical (unpaired) electrons. The van der Waals surface area contributed by atoms with Gasteiger partial charge >= 0.3 is 0 Å². The first-order valence-corrected chi connectivity index (χ1v) is 5.91. The summed E-state index contributed by atoms with van der Waals surface area (Å²) >= 11 is 0. The van der Waals surface area contributed by atoms with Gasteiger partial charge in [0.05, 0.1) is 6.54 Å². The second-order valence-corrected chi connectivity index (χ2v) is 4.23. The second kappa shape index (κ2) is 5.51. The van der Waals surface area contributed by atoms with Crippen molar-refractivity contribution < 1.29 is 0 Å². The molecule has 2 aromatic rings. The van der Waals surface area contributed by atoms with Crippen LogP contribution in [0.25, 0.3) is 0 Å². The molecule has 0 aliphatic rings. The van der Waals surface area contributed by atoms with Crippen molar-refractivity contribution in [1.29, 1.82) is 0 Å². The van der Waals surface area contributed by atoms with Crippen molar-refractivity contribution in [2.24, 2.45) is 7.05 Å². The SMILES string of the molecule is CNc1nc(NCc2nccn2C)nc(N(C)C)n1. The average molecular weight is 262 g/mol. The minimum absolute atomic E-state index is 0.519. The molecule has 8 heteroatoms. The van der Waals surface area contributed by atoms with Gasteiger partial charge in [-0.05, 0) is 0 Å². The van der Waals surface area contributed by atoms with Crippen LogP contribution in [-0.2, 0) is 13.6 Å². The van der Waals surface area contributed by atoms with Gasteiger partial charge in [0.15, 0.2) is 0 Å². The van der Waals surface area contributed by atoms with Gasteiger partial charge in [0.1, 0.15) is 5.82 Å². The molecule has 8 nitrogen and oxygen atoms in total. The Morgan fingerprint density at radius 3 is 2.53 bits per heavy atom. The lowest BCUT2D eigenvalue weighted by molar-refractivity contribution is 0.806. The third kappa shape index (κ3) is 3.09. The highest BCUT2D eigenvalue weighted by atomic mass is 15.3. The molecule has 0 amide bonds. The van der Waals surface area contributed by atoms with Crippen LogP contribution in [0, 0.1) is 0 Å². The zero-order valence-electron chi connectivity index (χ0n) is 11.5. The molecular formula is C11H18N8. The maximum Gasteiger partial charge on any atom is 0.231 e. The highest BCUT2D eigenvalue weighted by Crippen LogP contribution is 2.11. The number of imidazole rings is 1. The molecule has 0 unspecified atom stereocenters. The predicted molar refractivity (Wildman–Crippen MR) is 74.2 cm³/mol. The average Bonchev–Trinajstić information content (AvgIpc) is 2.81. The van der Waals surface area contributed by atoms with Gasteiger partial charge in [0, 0.05) is 40.6 Å². The van der Waals surface area contributed by atoms with E-state index in [0.29, 0.717) is 24.4 Å². The van der Waals surface area contributed by atoms with Crippen molar-refractivity contribution in [3.05, 3.63) is 18.2 Å². The molecule has 102 valence electrons. The van der Waals surface area contributed by atoms with Crippen molar-refractivity contribution in [2.45, 2.75) is 6.54 Å². The first kappa shape index (κ1) is 13.1. The quantitative estimate of drug-likeness (QED) is 0.803. The number of hydrogen-bond acceptors (Lipinski definition) is 7. The fourth-order valence-electron chi connectivity index (χ4n) is 1.48. The van der Waals surface area contributed by atoms with Gasteiger partial charge in [-0.1, -0.05) is 0 Å². The normalized spacial score (nSPS) is 10.3. The number of aromatic nitrogens is 5. The van der Waals surface area contributed by atoms with Gasteiger partial charge in [-0.25, -0.2) is 4.98 Å². The number of rotatable bonds is 5. The van der Waals surface area contributed by atoms with Gasteiger partial charge in [0.2, 0.25) is 17.8 Å². The largest absolute Gasteiger partial charge is 0.357 e. The first-order valence-electron chi connectivity index (χ1n) is 5.91. The van der Waals surface area contributed by atoms with Crippen LogP contribution in [0.3, 0.4) is 0 Å². The van der Waals surface area contributed by atoms with E-state index < -0.39 is 0 Å². The van der Waals surface area contributed by atoms with Gasteiger partial charge in [-0.3, -0.25) is 0 Å². The molecule has 2 aromatic heterocycles. The molecule has 0 atom stereocenters. The lowest BCUT2D eigenvalue weighted by Gasteiger charge is -2.13. The summed E-state index contributed by atoms with van der Waals surface area (Å²) in [6.45, 7) is 0.559. The van der Waals surface area contributed by atoms with Crippen molar-refractivity contribution in [3.8, 4) is 0 Å². The molecule has 0 spiro atoms. The topological polar surface area (TPSA) is 83.8 Å². The second-order valence-electron chi connectivity index (χ2n) is 4.23. The predicted octanol–water partition coefficient (Wildman–Crippen LogP) is 0.325. The van der Waals surface area contributed by atoms with Crippen LogP contribution in [0.2, 0.25) is 0 Å². The lowest BCUT2D eigenvalue weighted by atomic mass is 10.6. The molecule has 2 N–H and O–H groups in total. The molecular weight excluding hydrogens is 244 g/mol. The summed E-state index contributed by atoms with van der Waals surface area (Å²) in [7, 11) is 7.49. The molecule has 0 aromatic carbocycles. The Bertz CT molecular complexity index is 547. The van der Waals surface area contributed by atoms with E-state index in [2.05, 4.69) is 30.6 Å². The highest BCUT2D eigenvalue weighted by Gasteiger charge is 2.07. The monoisotopic (exact) mass is 262 g/mol. The fraction of sp³-hybridized carbons (Fsp3) is 0.455. The van der Waals surface area contributed by atoms with Crippen LogP contribution >= 0.6 is 0 Å². The number of nitrogens with one attached hydrogen (secondary N) is 2. The van der Waals surface area contributed by atoms with Crippen LogP contribution < -0.4 is 15.5 Å². The fourth-order valence-corrected chi connectivity index (χ4v) is 1.48. The van der Waals surface area contributed by atoms with E-state index in [-0.39, 0.29) is 0 Å². The van der Waals surface area contributed by atoms with Crippen LogP contribution in [-0.4, -0.2) is 45.6 Å². The zero-order valence-corrected chi connectivity index (χ0v) is 11.5. The number of hydrogen-bond donors (Lipinski definition) is 2. The van der Waals surface area contributed by atoms with Crippen molar-refractivity contribution in [1.82, 2.24) is 24.5 Å². The standard InChI is InChI=1S/C11H18N8/c1-12-9-15-10(17-11(16-9)18(2)3)14-7-8-13-5-6-19(8)4/h5-6H,7H2,1-4H3,(H2,12,14,15,16,17). The number of anilines is 3. The van der Waals surface area contributed by atoms with E-state index in [1.54, 1.807) is 13.2 Å². The highest BCUT2D eigenvalue weighted by molar-refractivity contribution is 5.42. The summed E-state index contributed by atoms with van der Waals surface area (Å²) in [6.07, 6.45) is 3.66. The Hall–Kier alpha value is -2.38. The number of aryl methyl sites for hydroxylation is 1. The number of nitrogens with zero attached hydrogens (tertiary/aromatic N) is 6. The van der Waals surface area contributed by atoms with Gasteiger partial charge in [0.25, 0.3) is 0 Å². The van der Waals surface area contributed by atoms with Crippen molar-refractivity contribution >= 4 is 17.8 Å². The Kier molecular flexibility index (Phi) is 3.79. The summed E-state index contributed by atoms with van der Waals surface area (Å²) in [5, 5.41) is 6.06. The lowest BCUT2D eigenvalue weighted by Crippen LogP contribution is -2.17. The maximum absolute atomic E-state index is 4.33. The smallest absolute Gasteiger partial charge is 0.231 e. The first-order chi connectivity index (χ1) is 9.10. The molecule has 2 heterocycles. The van der Waals surface area contributed by atoms with E-state index in [9.17, 15) is 0 Å². The molecule has 0 saturated heterocycles. The Morgan fingerprint density at radius 2 is 1.95 bits per heavy atom. The van der Waals surface area contributed by atoms with Crippen LogP contribution in [0.4, 0.5) is 17.8 Å². The minimum atomic E-state index is 0.519. The van der Waals surface area contributed by atoms with Crippen molar-refractivity contribution in [3.63, 3.8) is 0 Å². The van der Waals surface area contributed by atoms with E-state index in [1.165, 1.54) is 0 Å². The van der Waals surface area contributed by atoms with Crippen LogP contribution in [0.1, 0.15) is 5.82 Å². The van der Waals surface area contributed by atoms with Gasteiger partial charge < -0.3 is 20.1 Å². The summed E-state index contributed by atoms with van der Waals surface area (Å²) < 4.78 is 1.94. The molecule has 0 saturated carbocycles. The van der Waals surface area contributed by atoms with E-state index in [4.69, 9.17) is 0 Å². The minimum Gasteiger partial charge on any atom is -0.357 e. The van der Waals surface area contributed by atoms with Crippen molar-refractivity contribution in [2.75, 3.05) is 36.7 Å². The molecule has 0 aliphatic heterocycles. The van der Waals surface area contributed by atoms with Crippen LogP contribution in [0.5, 0.6) is 0 Å². The summed E-state index contributed by atoms with van der Waals surface area (Å²) in [4.78, 5) is 18.9. The van der Waals surface area contributed by atoms with E-state index in [0.717, 1.165) is 5.82 Å². The third-order valence-corrected chi connectivity index (χ3v) is 2.57. The van der Waals surface area contributed by atoms with E-state index >= 15 is 0 Å². The third-order valence-electron chi connectivity index (χ3n) is 2.57. The Balaban J connectivity index is 2.15. The summed E-state index contributed by atoms with van der Waals surface area (Å²) in [6, 6.07) is 0. The summed E-state index contributed by atoms with van der Waals surface area (Å²) in [5.74, 6) is 2.56.